The number of aromatic nitrogens is 2. The van der Waals surface area contributed by atoms with Crippen LogP contribution >= 0.6 is 0 Å². The van der Waals surface area contributed by atoms with E-state index < -0.39 is 0 Å². The Morgan fingerprint density at radius 1 is 0.396 bits per heavy atom. The molecule has 0 bridgehead atoms. The minimum absolute atomic E-state index is 0.610. The third-order valence-electron chi connectivity index (χ3n) is 9.41. The zero-order valence-electron chi connectivity index (χ0n) is 25.8. The molecule has 2 heterocycles. The van der Waals surface area contributed by atoms with Crippen molar-refractivity contribution in [3.63, 3.8) is 0 Å². The predicted molar refractivity (Wildman–Crippen MR) is 195 cm³/mol. The molecule has 0 aliphatic heterocycles. The molecule has 0 saturated heterocycles. The Labute approximate surface area is 277 Å². The summed E-state index contributed by atoms with van der Waals surface area (Å²) in [6.45, 7) is 0. The summed E-state index contributed by atoms with van der Waals surface area (Å²) < 4.78 is 4.55. The SMILES string of the molecule is N#Cc1ccc(-c2ccccc2-n2c3ccccc3c3ccccc32)cc1-c1cccc(-n2c3ccccc3c3c(C#N)cccc32)c1. The number of hydrogen-bond acceptors (Lipinski definition) is 2. The van der Waals surface area contributed by atoms with Crippen LogP contribution in [-0.2, 0) is 0 Å². The molecule has 222 valence electrons. The minimum atomic E-state index is 0.610. The van der Waals surface area contributed by atoms with Crippen LogP contribution in [0.2, 0.25) is 0 Å². The van der Waals surface area contributed by atoms with Gasteiger partial charge in [0, 0.05) is 38.4 Å². The predicted octanol–water partition coefficient (Wildman–Crippen LogP) is 11.0. The highest BCUT2D eigenvalue weighted by Gasteiger charge is 2.18. The van der Waals surface area contributed by atoms with E-state index in [1.54, 1.807) is 0 Å². The standard InChI is InChI=1S/C44H26N4/c45-27-31-24-23-30(34-14-1-5-18-39(34)48-40-19-6-2-15-35(40)36-16-3-7-20-41(36)48)26-38(31)29-11-9-13-33(25-29)47-42-21-8-4-17-37(42)44-32(28-46)12-10-22-43(44)47/h1-26H. The molecule has 0 aliphatic rings. The van der Waals surface area contributed by atoms with E-state index in [0.717, 1.165) is 66.5 Å². The number of nitrogens with zero attached hydrogens (tertiary/aromatic N) is 4. The molecule has 0 spiro atoms. The second-order valence-corrected chi connectivity index (χ2v) is 12.0. The van der Waals surface area contributed by atoms with Crippen molar-refractivity contribution in [1.29, 1.82) is 10.5 Å². The summed E-state index contributed by atoms with van der Waals surface area (Å²) in [5.74, 6) is 0. The van der Waals surface area contributed by atoms with E-state index in [4.69, 9.17) is 0 Å². The molecule has 4 nitrogen and oxygen atoms in total. The molecule has 0 fully saturated rings. The van der Waals surface area contributed by atoms with Gasteiger partial charge in [-0.3, -0.25) is 0 Å². The van der Waals surface area contributed by atoms with E-state index in [9.17, 15) is 10.5 Å². The molecule has 9 rings (SSSR count). The molecule has 2 aromatic heterocycles. The lowest BCUT2D eigenvalue weighted by Gasteiger charge is -2.16. The Balaban J connectivity index is 1.24. The van der Waals surface area contributed by atoms with Crippen molar-refractivity contribution in [3.05, 3.63) is 169 Å². The second-order valence-electron chi connectivity index (χ2n) is 12.0. The summed E-state index contributed by atoms with van der Waals surface area (Å²) in [6, 6.07) is 58.9. The third-order valence-corrected chi connectivity index (χ3v) is 9.41. The molecule has 9 aromatic rings. The lowest BCUT2D eigenvalue weighted by Crippen LogP contribution is -1.98. The molecule has 48 heavy (non-hydrogen) atoms. The Morgan fingerprint density at radius 2 is 0.979 bits per heavy atom. The molecule has 4 heteroatoms. The van der Waals surface area contributed by atoms with Crippen molar-refractivity contribution >= 4 is 43.6 Å². The van der Waals surface area contributed by atoms with Crippen molar-refractivity contribution in [1.82, 2.24) is 9.13 Å². The minimum Gasteiger partial charge on any atom is -0.309 e. The number of rotatable bonds is 4. The Hall–Kier alpha value is -6.88. The highest BCUT2D eigenvalue weighted by molar-refractivity contribution is 6.12. The molecule has 0 unspecified atom stereocenters. The van der Waals surface area contributed by atoms with Gasteiger partial charge in [0.2, 0.25) is 0 Å². The van der Waals surface area contributed by atoms with Gasteiger partial charge in [-0.15, -0.1) is 0 Å². The molecule has 0 aliphatic carbocycles. The fourth-order valence-corrected chi connectivity index (χ4v) is 7.35. The number of benzene rings is 7. The first kappa shape index (κ1) is 27.4. The average Bonchev–Trinajstić information content (AvgIpc) is 3.68. The van der Waals surface area contributed by atoms with Crippen molar-refractivity contribution in [3.8, 4) is 45.8 Å². The summed E-state index contributed by atoms with van der Waals surface area (Å²) in [6.07, 6.45) is 0. The van der Waals surface area contributed by atoms with E-state index >= 15 is 0 Å². The molecule has 7 aromatic carbocycles. The number of hydrogen-bond donors (Lipinski definition) is 0. The van der Waals surface area contributed by atoms with Crippen LogP contribution in [0.3, 0.4) is 0 Å². The number of nitriles is 2. The van der Waals surface area contributed by atoms with Gasteiger partial charge in [0.25, 0.3) is 0 Å². The average molecular weight is 611 g/mol. The summed E-state index contributed by atoms with van der Waals surface area (Å²) in [5, 5.41) is 24.6. The fourth-order valence-electron chi connectivity index (χ4n) is 7.35. The van der Waals surface area contributed by atoms with E-state index in [0.29, 0.717) is 11.1 Å². The quantitative estimate of drug-likeness (QED) is 0.199. The maximum absolute atomic E-state index is 10.3. The van der Waals surface area contributed by atoms with Gasteiger partial charge >= 0.3 is 0 Å². The van der Waals surface area contributed by atoms with Crippen molar-refractivity contribution < 1.29 is 0 Å². The monoisotopic (exact) mass is 610 g/mol. The maximum Gasteiger partial charge on any atom is 0.0998 e. The molecular formula is C44H26N4. The molecule has 0 amide bonds. The van der Waals surface area contributed by atoms with Gasteiger partial charge < -0.3 is 9.13 Å². The van der Waals surface area contributed by atoms with Crippen LogP contribution in [0.15, 0.2) is 158 Å². The molecule has 0 radical (unpaired) electrons. The fraction of sp³-hybridized carbons (Fsp3) is 0. The zero-order valence-corrected chi connectivity index (χ0v) is 25.8. The van der Waals surface area contributed by atoms with Gasteiger partial charge in [0.05, 0.1) is 51.0 Å². The van der Waals surface area contributed by atoms with Gasteiger partial charge in [-0.05, 0) is 71.8 Å². The van der Waals surface area contributed by atoms with Crippen molar-refractivity contribution in [2.75, 3.05) is 0 Å². The number of para-hydroxylation sites is 4. The lowest BCUT2D eigenvalue weighted by molar-refractivity contribution is 1.18. The van der Waals surface area contributed by atoms with Crippen LogP contribution in [0.25, 0.3) is 77.2 Å². The summed E-state index contributed by atoms with van der Waals surface area (Å²) in [4.78, 5) is 0. The molecule has 0 atom stereocenters. The summed E-state index contributed by atoms with van der Waals surface area (Å²) in [5.41, 5.74) is 11.5. The van der Waals surface area contributed by atoms with Gasteiger partial charge in [-0.2, -0.15) is 10.5 Å². The third kappa shape index (κ3) is 4.07. The Bertz CT molecular complexity index is 2760. The zero-order chi connectivity index (χ0) is 32.2. The van der Waals surface area contributed by atoms with Crippen LogP contribution in [0.5, 0.6) is 0 Å². The highest BCUT2D eigenvalue weighted by atomic mass is 15.0. The first-order valence-electron chi connectivity index (χ1n) is 15.9. The maximum atomic E-state index is 10.3. The summed E-state index contributed by atoms with van der Waals surface area (Å²) in [7, 11) is 0. The number of fused-ring (bicyclic) bond motifs is 6. The van der Waals surface area contributed by atoms with Crippen LogP contribution in [0.4, 0.5) is 0 Å². The Kier molecular flexibility index (Phi) is 6.22. The summed E-state index contributed by atoms with van der Waals surface area (Å²) >= 11 is 0. The molecule has 0 saturated carbocycles. The topological polar surface area (TPSA) is 57.4 Å². The van der Waals surface area contributed by atoms with Crippen molar-refractivity contribution in [2.24, 2.45) is 0 Å². The smallest absolute Gasteiger partial charge is 0.0998 e. The highest BCUT2D eigenvalue weighted by Crippen LogP contribution is 2.39. The largest absolute Gasteiger partial charge is 0.309 e. The second kappa shape index (κ2) is 10.9. The van der Waals surface area contributed by atoms with Crippen LogP contribution in [0, 0.1) is 22.7 Å². The van der Waals surface area contributed by atoms with Gasteiger partial charge in [-0.25, -0.2) is 0 Å². The van der Waals surface area contributed by atoms with Gasteiger partial charge in [0.1, 0.15) is 0 Å². The Morgan fingerprint density at radius 3 is 1.71 bits per heavy atom. The molecular weight excluding hydrogens is 585 g/mol. The first-order chi connectivity index (χ1) is 23.7. The van der Waals surface area contributed by atoms with E-state index in [2.05, 4.69) is 143 Å². The molecule has 0 N–H and O–H groups in total. The van der Waals surface area contributed by atoms with Crippen molar-refractivity contribution in [2.45, 2.75) is 0 Å². The lowest BCUT2D eigenvalue weighted by atomic mass is 9.94. The van der Waals surface area contributed by atoms with Crippen LogP contribution in [-0.4, -0.2) is 9.13 Å². The van der Waals surface area contributed by atoms with Gasteiger partial charge in [0.15, 0.2) is 0 Å². The normalized spacial score (nSPS) is 11.3. The van der Waals surface area contributed by atoms with Gasteiger partial charge in [-0.1, -0.05) is 97.1 Å². The van der Waals surface area contributed by atoms with E-state index in [1.807, 2.05) is 36.4 Å². The van der Waals surface area contributed by atoms with E-state index in [1.165, 1.54) is 10.8 Å². The first-order valence-corrected chi connectivity index (χ1v) is 15.9. The van der Waals surface area contributed by atoms with E-state index in [-0.39, 0.29) is 0 Å². The van der Waals surface area contributed by atoms with Crippen LogP contribution < -0.4 is 0 Å². The van der Waals surface area contributed by atoms with Crippen LogP contribution in [0.1, 0.15) is 11.1 Å².